The van der Waals surface area contributed by atoms with Gasteiger partial charge in [0.25, 0.3) is 0 Å². The molecule has 0 aliphatic rings. The minimum absolute atomic E-state index is 0.202. The number of aliphatic hydroxyl groups is 1. The monoisotopic (exact) mass is 170 g/mol. The standard InChI is InChI=1S/C9H18N2O/c1-3-9(12)5-7-11-8(2)4-6-10/h8-9,11-12H,3-5,7H2,1-2H3. The van der Waals surface area contributed by atoms with Crippen molar-refractivity contribution in [3.05, 3.63) is 0 Å². The van der Waals surface area contributed by atoms with Crippen molar-refractivity contribution in [1.82, 2.24) is 5.32 Å². The van der Waals surface area contributed by atoms with E-state index in [1.54, 1.807) is 0 Å². The van der Waals surface area contributed by atoms with Crippen LogP contribution in [-0.4, -0.2) is 23.8 Å². The molecule has 2 N–H and O–H groups in total. The van der Waals surface area contributed by atoms with Gasteiger partial charge in [-0.2, -0.15) is 5.26 Å². The molecule has 0 aromatic carbocycles. The molecule has 2 unspecified atom stereocenters. The van der Waals surface area contributed by atoms with Crippen LogP contribution >= 0.6 is 0 Å². The van der Waals surface area contributed by atoms with Gasteiger partial charge in [-0.15, -0.1) is 0 Å². The predicted molar refractivity (Wildman–Crippen MR) is 48.6 cm³/mol. The highest BCUT2D eigenvalue weighted by molar-refractivity contribution is 4.77. The number of aliphatic hydroxyl groups excluding tert-OH is 1. The summed E-state index contributed by atoms with van der Waals surface area (Å²) in [7, 11) is 0. The van der Waals surface area contributed by atoms with Crippen LogP contribution in [0, 0.1) is 11.3 Å². The van der Waals surface area contributed by atoms with Gasteiger partial charge in [0.2, 0.25) is 0 Å². The van der Waals surface area contributed by atoms with Crippen molar-refractivity contribution >= 4 is 0 Å². The Bertz CT molecular complexity index is 142. The summed E-state index contributed by atoms with van der Waals surface area (Å²) in [6, 6.07) is 2.33. The molecule has 0 radical (unpaired) electrons. The van der Waals surface area contributed by atoms with Crippen molar-refractivity contribution in [3.63, 3.8) is 0 Å². The summed E-state index contributed by atoms with van der Waals surface area (Å²) in [6.07, 6.45) is 1.90. The number of hydrogen-bond donors (Lipinski definition) is 2. The van der Waals surface area contributed by atoms with Crippen molar-refractivity contribution in [3.8, 4) is 6.07 Å². The molecule has 12 heavy (non-hydrogen) atoms. The minimum atomic E-state index is -0.202. The molecule has 3 heteroatoms. The Morgan fingerprint density at radius 1 is 1.58 bits per heavy atom. The molecule has 2 atom stereocenters. The van der Waals surface area contributed by atoms with Gasteiger partial charge in [0, 0.05) is 6.04 Å². The van der Waals surface area contributed by atoms with Gasteiger partial charge in [0.1, 0.15) is 0 Å². The third kappa shape index (κ3) is 6.14. The highest BCUT2D eigenvalue weighted by Gasteiger charge is 2.02. The van der Waals surface area contributed by atoms with E-state index >= 15 is 0 Å². The first-order valence-electron chi connectivity index (χ1n) is 4.49. The van der Waals surface area contributed by atoms with Crippen molar-refractivity contribution in [2.75, 3.05) is 6.54 Å². The average Bonchev–Trinajstić information content (AvgIpc) is 2.04. The molecule has 0 spiro atoms. The molecule has 0 bridgehead atoms. The normalized spacial score (nSPS) is 15.2. The van der Waals surface area contributed by atoms with Crippen LogP contribution in [0.3, 0.4) is 0 Å². The zero-order valence-electron chi connectivity index (χ0n) is 7.88. The second kappa shape index (κ2) is 7.08. The fraction of sp³-hybridized carbons (Fsp3) is 0.889. The number of nitriles is 1. The van der Waals surface area contributed by atoms with Crippen molar-refractivity contribution in [2.24, 2.45) is 0 Å². The Balaban J connectivity index is 3.25. The first-order chi connectivity index (χ1) is 5.70. The van der Waals surface area contributed by atoms with Crippen molar-refractivity contribution in [1.29, 1.82) is 5.26 Å². The van der Waals surface area contributed by atoms with E-state index in [0.29, 0.717) is 6.42 Å². The maximum absolute atomic E-state index is 9.20. The van der Waals surface area contributed by atoms with Gasteiger partial charge in [0.15, 0.2) is 0 Å². The number of nitrogens with one attached hydrogen (secondary N) is 1. The summed E-state index contributed by atoms with van der Waals surface area (Å²) in [4.78, 5) is 0. The Morgan fingerprint density at radius 2 is 2.25 bits per heavy atom. The summed E-state index contributed by atoms with van der Waals surface area (Å²) < 4.78 is 0. The van der Waals surface area contributed by atoms with Crippen molar-refractivity contribution < 1.29 is 5.11 Å². The lowest BCUT2D eigenvalue weighted by Gasteiger charge is -2.11. The topological polar surface area (TPSA) is 56.0 Å². The first kappa shape index (κ1) is 11.4. The molecule has 0 amide bonds. The summed E-state index contributed by atoms with van der Waals surface area (Å²) in [5.41, 5.74) is 0. The van der Waals surface area contributed by atoms with Crippen LogP contribution in [-0.2, 0) is 0 Å². The maximum atomic E-state index is 9.20. The van der Waals surface area contributed by atoms with Gasteiger partial charge in [-0.25, -0.2) is 0 Å². The zero-order valence-corrected chi connectivity index (χ0v) is 7.88. The number of nitrogens with zero attached hydrogens (tertiary/aromatic N) is 1. The second-order valence-corrected chi connectivity index (χ2v) is 3.07. The lowest BCUT2D eigenvalue weighted by Crippen LogP contribution is -2.28. The van der Waals surface area contributed by atoms with Gasteiger partial charge in [-0.1, -0.05) is 6.92 Å². The van der Waals surface area contributed by atoms with Crippen LogP contribution in [0.15, 0.2) is 0 Å². The van der Waals surface area contributed by atoms with Crippen LogP contribution in [0.25, 0.3) is 0 Å². The third-order valence-electron chi connectivity index (χ3n) is 1.84. The summed E-state index contributed by atoms with van der Waals surface area (Å²) in [6.45, 7) is 4.72. The summed E-state index contributed by atoms with van der Waals surface area (Å²) >= 11 is 0. The third-order valence-corrected chi connectivity index (χ3v) is 1.84. The quantitative estimate of drug-likeness (QED) is 0.626. The molecule has 0 aliphatic carbocycles. The molecule has 0 saturated heterocycles. The van der Waals surface area contributed by atoms with Crippen LogP contribution in [0.2, 0.25) is 0 Å². The summed E-state index contributed by atoms with van der Waals surface area (Å²) in [5.74, 6) is 0. The van der Waals surface area contributed by atoms with E-state index in [-0.39, 0.29) is 12.1 Å². The molecule has 0 rings (SSSR count). The molecule has 0 heterocycles. The Morgan fingerprint density at radius 3 is 2.75 bits per heavy atom. The van der Waals surface area contributed by atoms with Crippen molar-refractivity contribution in [2.45, 2.75) is 45.3 Å². The molecule has 0 aliphatic heterocycles. The van der Waals surface area contributed by atoms with Crippen LogP contribution in [0.4, 0.5) is 0 Å². The molecule has 3 nitrogen and oxygen atoms in total. The molecule has 0 fully saturated rings. The van der Waals surface area contributed by atoms with Gasteiger partial charge in [-0.05, 0) is 26.3 Å². The predicted octanol–water partition coefficient (Wildman–Crippen LogP) is 1.04. The average molecular weight is 170 g/mol. The SMILES string of the molecule is CCC(O)CCNC(C)CC#N. The Labute approximate surface area is 74.4 Å². The minimum Gasteiger partial charge on any atom is -0.393 e. The van der Waals surface area contributed by atoms with E-state index in [1.807, 2.05) is 13.8 Å². The number of hydrogen-bond acceptors (Lipinski definition) is 3. The van der Waals surface area contributed by atoms with Gasteiger partial charge in [0.05, 0.1) is 18.6 Å². The van der Waals surface area contributed by atoms with E-state index in [1.165, 1.54) is 0 Å². The lowest BCUT2D eigenvalue weighted by molar-refractivity contribution is 0.159. The second-order valence-electron chi connectivity index (χ2n) is 3.07. The molecular weight excluding hydrogens is 152 g/mol. The highest BCUT2D eigenvalue weighted by atomic mass is 16.3. The maximum Gasteiger partial charge on any atom is 0.0638 e. The fourth-order valence-electron chi connectivity index (χ4n) is 0.910. The van der Waals surface area contributed by atoms with Gasteiger partial charge < -0.3 is 10.4 Å². The van der Waals surface area contributed by atoms with Gasteiger partial charge in [-0.3, -0.25) is 0 Å². The fourth-order valence-corrected chi connectivity index (χ4v) is 0.910. The Hall–Kier alpha value is -0.590. The van der Waals surface area contributed by atoms with Gasteiger partial charge >= 0.3 is 0 Å². The van der Waals surface area contributed by atoms with E-state index in [4.69, 9.17) is 5.26 Å². The molecule has 0 aromatic rings. The lowest BCUT2D eigenvalue weighted by atomic mass is 10.2. The summed E-state index contributed by atoms with van der Waals surface area (Å²) in [5, 5.41) is 20.7. The largest absolute Gasteiger partial charge is 0.393 e. The number of rotatable bonds is 6. The van der Waals surface area contributed by atoms with E-state index in [9.17, 15) is 5.11 Å². The Kier molecular flexibility index (Phi) is 6.73. The molecule has 0 saturated carbocycles. The van der Waals surface area contributed by atoms with E-state index in [0.717, 1.165) is 19.4 Å². The van der Waals surface area contributed by atoms with E-state index in [2.05, 4.69) is 11.4 Å². The first-order valence-corrected chi connectivity index (χ1v) is 4.49. The molecule has 0 aromatic heterocycles. The zero-order chi connectivity index (χ0) is 9.40. The molecular formula is C9H18N2O. The smallest absolute Gasteiger partial charge is 0.0638 e. The van der Waals surface area contributed by atoms with Crippen LogP contribution in [0.1, 0.15) is 33.1 Å². The van der Waals surface area contributed by atoms with Crippen LogP contribution < -0.4 is 5.32 Å². The highest BCUT2D eigenvalue weighted by Crippen LogP contribution is 1.95. The van der Waals surface area contributed by atoms with Crippen LogP contribution in [0.5, 0.6) is 0 Å². The molecule has 70 valence electrons. The van der Waals surface area contributed by atoms with E-state index < -0.39 is 0 Å².